The van der Waals surface area contributed by atoms with Crippen LogP contribution in [-0.2, 0) is 6.54 Å². The van der Waals surface area contributed by atoms with Gasteiger partial charge < -0.3 is 0 Å². The fourth-order valence-corrected chi connectivity index (χ4v) is 4.41. The first-order chi connectivity index (χ1) is 13.9. The van der Waals surface area contributed by atoms with E-state index in [4.69, 9.17) is 11.6 Å². The molecule has 8 heteroatoms. The van der Waals surface area contributed by atoms with Crippen LogP contribution >= 0.6 is 23.4 Å². The van der Waals surface area contributed by atoms with Crippen LogP contribution in [0.25, 0.3) is 10.9 Å². The highest BCUT2D eigenvalue weighted by Gasteiger charge is 2.35. The fraction of sp³-hybridized carbons (Fsp3) is 0.238. The zero-order valence-electron chi connectivity index (χ0n) is 15.9. The molecule has 0 aliphatic carbocycles. The molecular formula is C21H18ClN3O3S. The van der Waals surface area contributed by atoms with E-state index in [9.17, 15) is 14.4 Å². The summed E-state index contributed by atoms with van der Waals surface area (Å²) >= 11 is 7.26. The number of halogens is 1. The minimum absolute atomic E-state index is 0.0724. The summed E-state index contributed by atoms with van der Waals surface area (Å²) in [5, 5.41) is 1.43. The predicted octanol–water partition coefficient (Wildman–Crippen LogP) is 4.05. The van der Waals surface area contributed by atoms with E-state index >= 15 is 0 Å². The number of aromatic nitrogens is 2. The Balaban J connectivity index is 1.70. The minimum atomic E-state index is -0.334. The van der Waals surface area contributed by atoms with Crippen LogP contribution in [0.4, 0.5) is 0 Å². The van der Waals surface area contributed by atoms with Crippen molar-refractivity contribution in [3.05, 3.63) is 69.0 Å². The van der Waals surface area contributed by atoms with E-state index in [1.165, 1.54) is 16.7 Å². The van der Waals surface area contributed by atoms with Crippen LogP contribution in [0.3, 0.4) is 0 Å². The Morgan fingerprint density at radius 2 is 1.69 bits per heavy atom. The minimum Gasteiger partial charge on any atom is -0.287 e. The van der Waals surface area contributed by atoms with E-state index in [-0.39, 0.29) is 29.2 Å². The van der Waals surface area contributed by atoms with Gasteiger partial charge in [-0.15, -0.1) is 0 Å². The van der Waals surface area contributed by atoms with Gasteiger partial charge in [0.1, 0.15) is 0 Å². The highest BCUT2D eigenvalue weighted by Crippen LogP contribution is 2.27. The Morgan fingerprint density at radius 3 is 2.31 bits per heavy atom. The molecule has 1 aliphatic rings. The number of rotatable bonds is 5. The van der Waals surface area contributed by atoms with Crippen LogP contribution in [0.15, 0.2) is 52.4 Å². The van der Waals surface area contributed by atoms with Crippen molar-refractivity contribution < 1.29 is 9.59 Å². The van der Waals surface area contributed by atoms with E-state index in [0.29, 0.717) is 38.8 Å². The molecule has 0 radical (unpaired) electrons. The van der Waals surface area contributed by atoms with Gasteiger partial charge in [0.25, 0.3) is 17.4 Å². The van der Waals surface area contributed by atoms with Crippen molar-refractivity contribution in [2.24, 2.45) is 5.92 Å². The van der Waals surface area contributed by atoms with Crippen molar-refractivity contribution in [3.63, 3.8) is 0 Å². The zero-order valence-corrected chi connectivity index (χ0v) is 17.5. The molecule has 0 saturated carbocycles. The first-order valence-electron chi connectivity index (χ1n) is 9.15. The summed E-state index contributed by atoms with van der Waals surface area (Å²) in [7, 11) is 0. The van der Waals surface area contributed by atoms with E-state index in [0.717, 1.165) is 0 Å². The van der Waals surface area contributed by atoms with Gasteiger partial charge in [0.2, 0.25) is 0 Å². The molecule has 0 saturated heterocycles. The Hall–Kier alpha value is -2.64. The Morgan fingerprint density at radius 1 is 1.03 bits per heavy atom. The molecule has 2 aromatic carbocycles. The third-order valence-electron chi connectivity index (χ3n) is 4.63. The molecule has 2 heterocycles. The third-order valence-corrected chi connectivity index (χ3v) is 5.82. The zero-order chi connectivity index (χ0) is 20.7. The number of thioether (sulfide) groups is 1. The van der Waals surface area contributed by atoms with E-state index in [1.807, 2.05) is 13.8 Å². The van der Waals surface area contributed by atoms with Crippen molar-refractivity contribution in [1.82, 2.24) is 14.5 Å². The van der Waals surface area contributed by atoms with Crippen molar-refractivity contribution in [1.29, 1.82) is 0 Å². The van der Waals surface area contributed by atoms with Gasteiger partial charge in [0.15, 0.2) is 5.16 Å². The van der Waals surface area contributed by atoms with Crippen LogP contribution in [-0.4, -0.2) is 32.1 Å². The second-order valence-corrected chi connectivity index (χ2v) is 8.57. The first kappa shape index (κ1) is 19.7. The SMILES string of the molecule is CC(C)Cn1c(SCN2C(=O)c3ccccc3C2=O)nc2cc(Cl)ccc2c1=O. The molecule has 4 rings (SSSR count). The lowest BCUT2D eigenvalue weighted by molar-refractivity contribution is 0.0684. The van der Waals surface area contributed by atoms with Crippen molar-refractivity contribution in [2.75, 3.05) is 5.88 Å². The summed E-state index contributed by atoms with van der Waals surface area (Å²) in [6.07, 6.45) is 0. The van der Waals surface area contributed by atoms with Crippen molar-refractivity contribution >= 4 is 46.1 Å². The molecule has 0 N–H and O–H groups in total. The topological polar surface area (TPSA) is 72.3 Å². The van der Waals surface area contributed by atoms with Gasteiger partial charge in [0, 0.05) is 11.6 Å². The summed E-state index contributed by atoms with van der Waals surface area (Å²) in [4.78, 5) is 44.0. The normalized spacial score (nSPS) is 13.6. The molecule has 0 atom stereocenters. The maximum atomic E-state index is 13.0. The van der Waals surface area contributed by atoms with Crippen LogP contribution in [0.1, 0.15) is 34.6 Å². The highest BCUT2D eigenvalue weighted by molar-refractivity contribution is 7.99. The van der Waals surface area contributed by atoms with Crippen LogP contribution in [0.5, 0.6) is 0 Å². The van der Waals surface area contributed by atoms with Gasteiger partial charge in [-0.1, -0.05) is 49.3 Å². The molecule has 2 amide bonds. The van der Waals surface area contributed by atoms with Crippen LogP contribution in [0, 0.1) is 5.92 Å². The maximum Gasteiger partial charge on any atom is 0.262 e. The lowest BCUT2D eigenvalue weighted by Crippen LogP contribution is -2.30. The molecular weight excluding hydrogens is 410 g/mol. The number of fused-ring (bicyclic) bond motifs is 2. The number of nitrogens with zero attached hydrogens (tertiary/aromatic N) is 3. The van der Waals surface area contributed by atoms with Crippen molar-refractivity contribution in [3.8, 4) is 0 Å². The molecule has 0 unspecified atom stereocenters. The number of imide groups is 1. The Bertz CT molecular complexity index is 1170. The lowest BCUT2D eigenvalue weighted by atomic mass is 10.1. The summed E-state index contributed by atoms with van der Waals surface area (Å²) in [5.41, 5.74) is 1.13. The molecule has 6 nitrogen and oxygen atoms in total. The summed E-state index contributed by atoms with van der Waals surface area (Å²) in [5.74, 6) is -0.375. The molecule has 148 valence electrons. The monoisotopic (exact) mass is 427 g/mol. The number of benzene rings is 2. The predicted molar refractivity (Wildman–Crippen MR) is 114 cm³/mol. The van der Waals surface area contributed by atoms with Gasteiger partial charge in [-0.25, -0.2) is 4.98 Å². The van der Waals surface area contributed by atoms with Crippen LogP contribution in [0.2, 0.25) is 5.02 Å². The average molecular weight is 428 g/mol. The molecule has 29 heavy (non-hydrogen) atoms. The molecule has 1 aliphatic heterocycles. The molecule has 1 aromatic heterocycles. The fourth-order valence-electron chi connectivity index (χ4n) is 3.29. The number of hydrogen-bond donors (Lipinski definition) is 0. The summed E-state index contributed by atoms with van der Waals surface area (Å²) < 4.78 is 1.60. The van der Waals surface area contributed by atoms with Crippen LogP contribution < -0.4 is 5.56 Å². The highest BCUT2D eigenvalue weighted by atomic mass is 35.5. The maximum absolute atomic E-state index is 13.0. The average Bonchev–Trinajstić information content (AvgIpc) is 2.93. The molecule has 0 bridgehead atoms. The van der Waals surface area contributed by atoms with Gasteiger partial charge in [-0.05, 0) is 36.2 Å². The van der Waals surface area contributed by atoms with Gasteiger partial charge in [-0.2, -0.15) is 0 Å². The number of amides is 2. The quantitative estimate of drug-likeness (QED) is 0.349. The van der Waals surface area contributed by atoms with Gasteiger partial charge >= 0.3 is 0 Å². The molecule has 3 aromatic rings. The van der Waals surface area contributed by atoms with E-state index in [1.54, 1.807) is 47.0 Å². The summed E-state index contributed by atoms with van der Waals surface area (Å²) in [6, 6.07) is 11.7. The molecule has 0 fully saturated rings. The van der Waals surface area contributed by atoms with Crippen molar-refractivity contribution in [2.45, 2.75) is 25.5 Å². The third kappa shape index (κ3) is 3.56. The second-order valence-electron chi connectivity index (χ2n) is 7.22. The molecule has 0 spiro atoms. The Kier molecular flexibility index (Phi) is 5.19. The standard InChI is InChI=1S/C21H18ClN3O3S/c1-12(2)10-24-20(28)16-8-7-13(22)9-17(16)23-21(24)29-11-25-18(26)14-5-3-4-6-15(14)19(25)27/h3-9,12H,10-11H2,1-2H3. The first-order valence-corrected chi connectivity index (χ1v) is 10.5. The largest absolute Gasteiger partial charge is 0.287 e. The summed E-state index contributed by atoms with van der Waals surface area (Å²) in [6.45, 7) is 4.50. The lowest BCUT2D eigenvalue weighted by Gasteiger charge is -2.17. The van der Waals surface area contributed by atoms with E-state index in [2.05, 4.69) is 4.98 Å². The second kappa shape index (κ2) is 7.65. The van der Waals surface area contributed by atoms with Gasteiger partial charge in [-0.3, -0.25) is 23.9 Å². The van der Waals surface area contributed by atoms with E-state index < -0.39 is 0 Å². The number of carbonyl (C=O) groups excluding carboxylic acids is 2. The van der Waals surface area contributed by atoms with Gasteiger partial charge in [0.05, 0.1) is 27.9 Å². The smallest absolute Gasteiger partial charge is 0.262 e. The Labute approximate surface area is 176 Å². The number of hydrogen-bond acceptors (Lipinski definition) is 5. The number of carbonyl (C=O) groups is 2.